The third-order valence-electron chi connectivity index (χ3n) is 6.55. The number of carbonyl (C=O) groups is 1. The molecule has 0 radical (unpaired) electrons. The minimum Gasteiger partial charge on any atom is -0.491 e. The fraction of sp³-hybridized carbons (Fsp3) is 0.400. The smallest absolute Gasteiger partial charge is 0.416 e. The Morgan fingerprint density at radius 2 is 1.63 bits per heavy atom. The van der Waals surface area contributed by atoms with E-state index in [0.29, 0.717) is 16.9 Å². The summed E-state index contributed by atoms with van der Waals surface area (Å²) in [6.45, 7) is 4.49. The van der Waals surface area contributed by atoms with Gasteiger partial charge in [-0.3, -0.25) is 0 Å². The van der Waals surface area contributed by atoms with Crippen molar-refractivity contribution in [1.82, 2.24) is 14.6 Å². The number of sulfonamides is 1. The van der Waals surface area contributed by atoms with Gasteiger partial charge in [-0.2, -0.15) is 30.6 Å². The van der Waals surface area contributed by atoms with Crippen LogP contribution < -0.4 is 14.8 Å². The molecule has 0 fully saturated rings. The number of para-hydroxylation sites is 1. The number of alkyl carbamates (subject to hydrolysis) is 1. The van der Waals surface area contributed by atoms with E-state index in [9.17, 15) is 39.6 Å². The zero-order chi connectivity index (χ0) is 33.9. The number of aromatic nitrogens is 1. The summed E-state index contributed by atoms with van der Waals surface area (Å²) in [4.78, 5) is 15.0. The number of benzene rings is 2. The molecule has 1 aliphatic rings. The van der Waals surface area contributed by atoms with Crippen LogP contribution in [-0.2, 0) is 33.7 Å². The Balaban J connectivity index is 1.68. The van der Waals surface area contributed by atoms with Crippen LogP contribution in [0.25, 0.3) is 11.1 Å². The first-order valence-corrected chi connectivity index (χ1v) is 15.4. The molecule has 0 atom stereocenters. The molecule has 0 spiro atoms. The fourth-order valence-electron chi connectivity index (χ4n) is 4.54. The van der Waals surface area contributed by atoms with Gasteiger partial charge in [0.25, 0.3) is 0 Å². The second-order valence-electron chi connectivity index (χ2n) is 11.2. The van der Waals surface area contributed by atoms with Gasteiger partial charge < -0.3 is 19.5 Å². The molecule has 46 heavy (non-hydrogen) atoms. The highest BCUT2D eigenvalue weighted by Gasteiger charge is 2.39. The lowest BCUT2D eigenvalue weighted by molar-refractivity contribution is -0.143. The van der Waals surface area contributed by atoms with Gasteiger partial charge in [0, 0.05) is 30.4 Å². The molecule has 2 aromatic carbocycles. The summed E-state index contributed by atoms with van der Waals surface area (Å²) in [5, 5.41) is 2.57. The number of alkyl halides is 6. The summed E-state index contributed by atoms with van der Waals surface area (Å²) in [5.74, 6) is 0.380. The average molecular weight is 676 g/mol. The SMILES string of the molecule is CC(C)(C)OC(=O)NCCOc1ccccc1-c1ccnc2c1CN(S(=O)(=O)c1cc(C(F)(F)F)cc(C(F)(F)F)c1)CCCO2. The van der Waals surface area contributed by atoms with E-state index in [4.69, 9.17) is 14.2 Å². The molecule has 0 aliphatic carbocycles. The van der Waals surface area contributed by atoms with Crippen LogP contribution in [0, 0.1) is 0 Å². The molecular weight excluding hydrogens is 644 g/mol. The predicted octanol–water partition coefficient (Wildman–Crippen LogP) is 6.66. The minimum absolute atomic E-state index is 0.0254. The van der Waals surface area contributed by atoms with Crippen LogP contribution >= 0.6 is 0 Å². The highest BCUT2D eigenvalue weighted by Crippen LogP contribution is 2.40. The first-order chi connectivity index (χ1) is 21.4. The summed E-state index contributed by atoms with van der Waals surface area (Å²) in [6.07, 6.45) is -9.60. The molecule has 0 saturated carbocycles. The summed E-state index contributed by atoms with van der Waals surface area (Å²) < 4.78 is 126. The van der Waals surface area contributed by atoms with E-state index in [1.807, 2.05) is 0 Å². The number of nitrogens with one attached hydrogen (secondary N) is 1. The van der Waals surface area contributed by atoms with Gasteiger partial charge in [-0.15, -0.1) is 0 Å². The second kappa shape index (κ2) is 13.4. The van der Waals surface area contributed by atoms with Crippen LogP contribution in [0.1, 0.15) is 43.9 Å². The lowest BCUT2D eigenvalue weighted by Gasteiger charge is -2.27. The number of nitrogens with zero attached hydrogens (tertiary/aromatic N) is 2. The lowest BCUT2D eigenvalue weighted by atomic mass is 10.00. The largest absolute Gasteiger partial charge is 0.491 e. The zero-order valence-electron chi connectivity index (χ0n) is 25.0. The molecule has 1 N–H and O–H groups in total. The number of amides is 1. The Hall–Kier alpha value is -4.05. The molecular formula is C30H31F6N3O6S. The van der Waals surface area contributed by atoms with Crippen molar-refractivity contribution >= 4 is 16.1 Å². The van der Waals surface area contributed by atoms with Crippen LogP contribution in [0.15, 0.2) is 59.6 Å². The molecule has 250 valence electrons. The van der Waals surface area contributed by atoms with Gasteiger partial charge >= 0.3 is 18.4 Å². The van der Waals surface area contributed by atoms with Gasteiger partial charge in [0.2, 0.25) is 15.9 Å². The quantitative estimate of drug-likeness (QED) is 0.221. The molecule has 0 unspecified atom stereocenters. The van der Waals surface area contributed by atoms with Crippen molar-refractivity contribution in [3.63, 3.8) is 0 Å². The Kier molecular flexibility index (Phi) is 10.1. The topological polar surface area (TPSA) is 107 Å². The highest BCUT2D eigenvalue weighted by atomic mass is 32.2. The van der Waals surface area contributed by atoms with Gasteiger partial charge in [0.1, 0.15) is 18.0 Å². The number of hydrogen-bond acceptors (Lipinski definition) is 7. The Bertz CT molecular complexity index is 1640. The van der Waals surface area contributed by atoms with Gasteiger partial charge in [-0.05, 0) is 63.1 Å². The molecule has 0 bridgehead atoms. The van der Waals surface area contributed by atoms with Crippen molar-refractivity contribution in [1.29, 1.82) is 0 Å². The number of pyridine rings is 1. The van der Waals surface area contributed by atoms with Gasteiger partial charge in [-0.1, -0.05) is 18.2 Å². The Morgan fingerprint density at radius 3 is 2.26 bits per heavy atom. The monoisotopic (exact) mass is 675 g/mol. The third-order valence-corrected chi connectivity index (χ3v) is 8.37. The van der Waals surface area contributed by atoms with Gasteiger partial charge in [0.05, 0.1) is 29.2 Å². The van der Waals surface area contributed by atoms with Crippen molar-refractivity contribution in [2.24, 2.45) is 0 Å². The van der Waals surface area contributed by atoms with Crippen LogP contribution in [0.2, 0.25) is 0 Å². The Morgan fingerprint density at radius 1 is 0.978 bits per heavy atom. The maximum atomic E-state index is 13.7. The molecule has 1 amide bonds. The van der Waals surface area contributed by atoms with Crippen molar-refractivity contribution in [3.05, 3.63) is 71.4 Å². The lowest BCUT2D eigenvalue weighted by Crippen LogP contribution is -2.34. The van der Waals surface area contributed by atoms with Crippen molar-refractivity contribution in [3.8, 4) is 22.8 Å². The standard InChI is InChI=1S/C30H31F6N3O6S/c1-28(2,3)45-27(40)38-11-14-43-25-8-5-4-7-23(25)22-9-10-37-26-24(22)18-39(12-6-13-44-26)46(41,42)21-16-19(29(31,32)33)15-20(17-21)30(34,35)36/h4-5,7-10,15-17H,6,11-14,18H2,1-3H3,(H,38,40). The van der Waals surface area contributed by atoms with E-state index >= 15 is 0 Å². The molecule has 9 nitrogen and oxygen atoms in total. The van der Waals surface area contributed by atoms with Crippen LogP contribution in [-0.4, -0.2) is 55.7 Å². The van der Waals surface area contributed by atoms with Gasteiger partial charge in [-0.25, -0.2) is 18.2 Å². The summed E-state index contributed by atoms with van der Waals surface area (Å²) in [6, 6.07) is 8.50. The Labute approximate surface area is 261 Å². The van der Waals surface area contributed by atoms with E-state index in [0.717, 1.165) is 4.31 Å². The molecule has 3 aromatic rings. The average Bonchev–Trinajstić information content (AvgIpc) is 2.93. The number of halogens is 6. The number of carbonyl (C=O) groups excluding carboxylic acids is 1. The molecule has 0 saturated heterocycles. The predicted molar refractivity (Wildman–Crippen MR) is 154 cm³/mol. The molecule has 1 aliphatic heterocycles. The third kappa shape index (κ3) is 8.60. The number of rotatable bonds is 7. The van der Waals surface area contributed by atoms with Crippen LogP contribution in [0.3, 0.4) is 0 Å². The van der Waals surface area contributed by atoms with E-state index in [1.54, 1.807) is 51.1 Å². The molecule has 2 heterocycles. The van der Waals surface area contributed by atoms with Crippen LogP contribution in [0.5, 0.6) is 11.6 Å². The summed E-state index contributed by atoms with van der Waals surface area (Å²) in [5.41, 5.74) is -3.09. The molecule has 4 rings (SSSR count). The van der Waals surface area contributed by atoms with Gasteiger partial charge in [0.15, 0.2) is 0 Å². The van der Waals surface area contributed by atoms with Crippen LogP contribution in [0.4, 0.5) is 31.1 Å². The summed E-state index contributed by atoms with van der Waals surface area (Å²) >= 11 is 0. The van der Waals surface area contributed by atoms with Crippen molar-refractivity contribution < 1.29 is 53.8 Å². The number of fused-ring (bicyclic) bond motifs is 1. The molecule has 16 heteroatoms. The zero-order valence-corrected chi connectivity index (χ0v) is 25.8. The van der Waals surface area contributed by atoms with Crippen molar-refractivity contribution in [2.45, 2.75) is 56.6 Å². The first kappa shape index (κ1) is 34.8. The van der Waals surface area contributed by atoms with E-state index < -0.39 is 56.6 Å². The maximum Gasteiger partial charge on any atom is 0.416 e. The van der Waals surface area contributed by atoms with Crippen molar-refractivity contribution in [2.75, 3.05) is 26.3 Å². The fourth-order valence-corrected chi connectivity index (χ4v) is 6.06. The second-order valence-corrected chi connectivity index (χ2v) is 13.1. The minimum atomic E-state index is -5.23. The first-order valence-electron chi connectivity index (χ1n) is 14.0. The summed E-state index contributed by atoms with van der Waals surface area (Å²) in [7, 11) is -4.89. The highest BCUT2D eigenvalue weighted by molar-refractivity contribution is 7.89. The van der Waals surface area contributed by atoms with E-state index in [2.05, 4.69) is 10.3 Å². The maximum absolute atomic E-state index is 13.7. The normalized spacial score (nSPS) is 14.8. The number of hydrogen-bond donors (Lipinski definition) is 1. The molecule has 1 aromatic heterocycles. The van der Waals surface area contributed by atoms with E-state index in [1.165, 1.54) is 6.20 Å². The van der Waals surface area contributed by atoms with E-state index in [-0.39, 0.29) is 62.4 Å². The number of ether oxygens (including phenoxy) is 3.